The molecule has 0 atom stereocenters. The lowest BCUT2D eigenvalue weighted by atomic mass is 10.2. The van der Waals surface area contributed by atoms with Crippen molar-refractivity contribution in [3.05, 3.63) is 43.6 Å². The molecule has 0 aromatic carbocycles. The molecule has 1 radical (unpaired) electrons. The van der Waals surface area contributed by atoms with Crippen LogP contribution in [0.4, 0.5) is 0 Å². The highest BCUT2D eigenvalue weighted by molar-refractivity contribution is 4.97. The average Bonchev–Trinajstić information content (AvgIpc) is 2.47. The van der Waals surface area contributed by atoms with Gasteiger partial charge in [0.15, 0.2) is 0 Å². The van der Waals surface area contributed by atoms with Gasteiger partial charge >= 0.3 is 0 Å². The van der Waals surface area contributed by atoms with Gasteiger partial charge in [0.25, 0.3) is 0 Å². The van der Waals surface area contributed by atoms with Crippen molar-refractivity contribution in [3.8, 4) is 0 Å². The highest BCUT2D eigenvalue weighted by Gasteiger charge is 1.86. The summed E-state index contributed by atoms with van der Waals surface area (Å²) in [6.07, 6.45) is 25.8. The van der Waals surface area contributed by atoms with Crippen molar-refractivity contribution >= 4 is 0 Å². The van der Waals surface area contributed by atoms with E-state index in [0.717, 1.165) is 25.9 Å². The number of allylic oxidation sites excluding steroid dienone is 6. The van der Waals surface area contributed by atoms with Gasteiger partial charge in [0, 0.05) is 6.61 Å². The number of rotatable bonds is 14. The third-order valence-corrected chi connectivity index (χ3v) is 3.18. The van der Waals surface area contributed by atoms with Crippen LogP contribution in [0.15, 0.2) is 36.5 Å². The fraction of sp³-hybridized carbons (Fsp3) is 0.632. The molecular formula is C19H33O. The summed E-state index contributed by atoms with van der Waals surface area (Å²) in [6.45, 7) is 3.04. The Morgan fingerprint density at radius 1 is 0.700 bits per heavy atom. The third-order valence-electron chi connectivity index (χ3n) is 3.18. The van der Waals surface area contributed by atoms with E-state index in [0.29, 0.717) is 0 Å². The minimum Gasteiger partial charge on any atom is -0.379 e. The molecule has 0 saturated heterocycles. The molecule has 0 saturated carbocycles. The number of hydrogen-bond acceptors (Lipinski definition) is 1. The van der Waals surface area contributed by atoms with Crippen LogP contribution in [0.5, 0.6) is 0 Å². The van der Waals surface area contributed by atoms with Crippen molar-refractivity contribution in [1.29, 1.82) is 0 Å². The first-order chi connectivity index (χ1) is 9.91. The quantitative estimate of drug-likeness (QED) is 0.264. The first kappa shape index (κ1) is 19.2. The Balaban J connectivity index is 3.25. The maximum atomic E-state index is 4.78. The second-order valence-corrected chi connectivity index (χ2v) is 5.14. The van der Waals surface area contributed by atoms with Crippen LogP contribution in [0.3, 0.4) is 0 Å². The van der Waals surface area contributed by atoms with Crippen LogP contribution in [0.1, 0.15) is 71.1 Å². The van der Waals surface area contributed by atoms with Crippen LogP contribution >= 0.6 is 0 Å². The standard InChI is InChI=1S/C19H33O/c1-3-4-5-6-7-8-9-10-11-12-13-14-15-16-17-18-19-20-2/h7-8,10-11,13-14H,2-6,9,12,15-19H2,1H3/b8-7+,11-10+,14-13+. The zero-order valence-corrected chi connectivity index (χ0v) is 13.4. The summed E-state index contributed by atoms with van der Waals surface area (Å²) in [7, 11) is 3.37. The van der Waals surface area contributed by atoms with Crippen LogP contribution in [-0.2, 0) is 4.74 Å². The Bertz CT molecular complexity index is 250. The summed E-state index contributed by atoms with van der Waals surface area (Å²) < 4.78 is 4.78. The lowest BCUT2D eigenvalue weighted by Gasteiger charge is -1.96. The van der Waals surface area contributed by atoms with Crippen molar-refractivity contribution < 1.29 is 4.74 Å². The second kappa shape index (κ2) is 18.2. The molecule has 0 aromatic heterocycles. The highest BCUT2D eigenvalue weighted by atomic mass is 16.5. The number of ether oxygens (including phenoxy) is 1. The molecule has 0 N–H and O–H groups in total. The molecule has 0 heterocycles. The summed E-state index contributed by atoms with van der Waals surface area (Å²) in [5.74, 6) is 0. The van der Waals surface area contributed by atoms with Crippen LogP contribution in [-0.4, -0.2) is 6.61 Å². The molecule has 0 aliphatic heterocycles. The predicted molar refractivity (Wildman–Crippen MR) is 90.6 cm³/mol. The Hall–Kier alpha value is -0.820. The van der Waals surface area contributed by atoms with E-state index in [1.54, 1.807) is 0 Å². The zero-order valence-electron chi connectivity index (χ0n) is 13.4. The monoisotopic (exact) mass is 277 g/mol. The van der Waals surface area contributed by atoms with E-state index < -0.39 is 0 Å². The van der Waals surface area contributed by atoms with Gasteiger partial charge in [-0.15, -0.1) is 0 Å². The Morgan fingerprint density at radius 3 is 1.80 bits per heavy atom. The van der Waals surface area contributed by atoms with Gasteiger partial charge in [0.2, 0.25) is 0 Å². The van der Waals surface area contributed by atoms with Crippen LogP contribution in [0.2, 0.25) is 0 Å². The van der Waals surface area contributed by atoms with Gasteiger partial charge in [-0.1, -0.05) is 62.6 Å². The predicted octanol–water partition coefficient (Wildman–Crippen LogP) is 6.38. The van der Waals surface area contributed by atoms with E-state index in [9.17, 15) is 0 Å². The average molecular weight is 277 g/mol. The summed E-state index contributed by atoms with van der Waals surface area (Å²) in [5.41, 5.74) is 0. The fourth-order valence-corrected chi connectivity index (χ4v) is 1.93. The third kappa shape index (κ3) is 17.2. The van der Waals surface area contributed by atoms with Gasteiger partial charge in [0.1, 0.15) is 0 Å². The largest absolute Gasteiger partial charge is 0.379 e. The van der Waals surface area contributed by atoms with Gasteiger partial charge < -0.3 is 4.74 Å². The summed E-state index contributed by atoms with van der Waals surface area (Å²) in [6, 6.07) is 0. The molecule has 0 amide bonds. The molecule has 0 aliphatic carbocycles. The SMILES string of the molecule is [CH2]OCCCCC/C=C/C/C=C/C/C=C/CCCCC. The van der Waals surface area contributed by atoms with E-state index in [2.05, 4.69) is 50.5 Å². The zero-order chi connectivity index (χ0) is 14.7. The molecule has 115 valence electrons. The molecular weight excluding hydrogens is 244 g/mol. The van der Waals surface area contributed by atoms with Crippen molar-refractivity contribution in [1.82, 2.24) is 0 Å². The minimum atomic E-state index is 0.790. The Labute approximate surface area is 126 Å². The van der Waals surface area contributed by atoms with E-state index in [4.69, 9.17) is 4.74 Å². The molecule has 1 nitrogen and oxygen atoms in total. The summed E-state index contributed by atoms with van der Waals surface area (Å²) in [5, 5.41) is 0. The molecule has 0 rings (SSSR count). The molecule has 0 unspecified atom stereocenters. The van der Waals surface area contributed by atoms with Gasteiger partial charge in [0.05, 0.1) is 7.11 Å². The van der Waals surface area contributed by atoms with Crippen molar-refractivity contribution in [2.45, 2.75) is 71.1 Å². The van der Waals surface area contributed by atoms with Crippen molar-refractivity contribution in [2.75, 3.05) is 6.61 Å². The van der Waals surface area contributed by atoms with Crippen molar-refractivity contribution in [2.24, 2.45) is 0 Å². The minimum absolute atomic E-state index is 0.790. The topological polar surface area (TPSA) is 9.23 Å². The molecule has 20 heavy (non-hydrogen) atoms. The number of hydrogen-bond donors (Lipinski definition) is 0. The fourth-order valence-electron chi connectivity index (χ4n) is 1.93. The Morgan fingerprint density at radius 2 is 1.25 bits per heavy atom. The lowest BCUT2D eigenvalue weighted by molar-refractivity contribution is 0.234. The first-order valence-electron chi connectivity index (χ1n) is 8.23. The lowest BCUT2D eigenvalue weighted by Crippen LogP contribution is -1.85. The Kier molecular flexibility index (Phi) is 17.4. The van der Waals surface area contributed by atoms with E-state index in [-0.39, 0.29) is 0 Å². The van der Waals surface area contributed by atoms with Gasteiger partial charge in [-0.05, 0) is 44.9 Å². The smallest absolute Gasteiger partial charge is 0.0700 e. The van der Waals surface area contributed by atoms with E-state index in [1.165, 1.54) is 44.9 Å². The van der Waals surface area contributed by atoms with Gasteiger partial charge in [-0.3, -0.25) is 0 Å². The molecule has 0 aromatic rings. The molecule has 0 fully saturated rings. The van der Waals surface area contributed by atoms with Crippen LogP contribution in [0.25, 0.3) is 0 Å². The molecule has 0 spiro atoms. The maximum absolute atomic E-state index is 4.78. The van der Waals surface area contributed by atoms with Crippen LogP contribution in [0, 0.1) is 7.11 Å². The molecule has 0 bridgehead atoms. The molecule has 1 heteroatoms. The highest BCUT2D eigenvalue weighted by Crippen LogP contribution is 2.02. The number of unbranched alkanes of at least 4 members (excludes halogenated alkanes) is 6. The maximum Gasteiger partial charge on any atom is 0.0700 e. The van der Waals surface area contributed by atoms with Gasteiger partial charge in [-0.25, -0.2) is 0 Å². The van der Waals surface area contributed by atoms with Crippen LogP contribution < -0.4 is 0 Å². The summed E-state index contributed by atoms with van der Waals surface area (Å²) in [4.78, 5) is 0. The van der Waals surface area contributed by atoms with E-state index in [1.807, 2.05) is 0 Å². The van der Waals surface area contributed by atoms with E-state index >= 15 is 0 Å². The van der Waals surface area contributed by atoms with Gasteiger partial charge in [-0.2, -0.15) is 0 Å². The first-order valence-corrected chi connectivity index (χ1v) is 8.23. The van der Waals surface area contributed by atoms with Crippen molar-refractivity contribution in [3.63, 3.8) is 0 Å². The second-order valence-electron chi connectivity index (χ2n) is 5.14. The normalized spacial score (nSPS) is 12.3. The molecule has 0 aliphatic rings. The summed E-state index contributed by atoms with van der Waals surface area (Å²) >= 11 is 0.